The van der Waals surface area contributed by atoms with Crippen molar-refractivity contribution in [3.63, 3.8) is 0 Å². The van der Waals surface area contributed by atoms with Gasteiger partial charge in [-0.2, -0.15) is 0 Å². The first-order valence-electron chi connectivity index (χ1n) is 3.97. The zero-order valence-corrected chi connectivity index (χ0v) is 9.57. The van der Waals surface area contributed by atoms with Gasteiger partial charge in [0.15, 0.2) is 9.84 Å². The van der Waals surface area contributed by atoms with Crippen LogP contribution >= 0.6 is 12.4 Å². The molecule has 5 heteroatoms. The van der Waals surface area contributed by atoms with E-state index in [2.05, 4.69) is 0 Å². The van der Waals surface area contributed by atoms with Gasteiger partial charge in [-0.3, -0.25) is 0 Å². The van der Waals surface area contributed by atoms with Crippen LogP contribution < -0.4 is 5.73 Å². The smallest absolute Gasteiger partial charge is 0.151 e. The third kappa shape index (κ3) is 4.09. The van der Waals surface area contributed by atoms with Gasteiger partial charge in [0.05, 0.1) is 5.75 Å². The van der Waals surface area contributed by atoms with Gasteiger partial charge < -0.3 is 5.73 Å². The summed E-state index contributed by atoms with van der Waals surface area (Å²) < 4.78 is 22.1. The molecule has 0 fully saturated rings. The Hall–Kier alpha value is -0.580. The summed E-state index contributed by atoms with van der Waals surface area (Å²) in [5.41, 5.74) is 7.17. The van der Waals surface area contributed by atoms with Crippen molar-refractivity contribution >= 4 is 22.2 Å². The van der Waals surface area contributed by atoms with Crippen LogP contribution in [0, 0.1) is 0 Å². The molecule has 1 rings (SSSR count). The van der Waals surface area contributed by atoms with Gasteiger partial charge in [0.2, 0.25) is 0 Å². The second-order valence-electron chi connectivity index (χ2n) is 3.04. The van der Waals surface area contributed by atoms with E-state index in [0.29, 0.717) is 6.54 Å². The molecule has 0 saturated carbocycles. The first kappa shape index (κ1) is 13.4. The molecule has 14 heavy (non-hydrogen) atoms. The van der Waals surface area contributed by atoms with Crippen molar-refractivity contribution < 1.29 is 8.42 Å². The number of benzene rings is 1. The van der Waals surface area contributed by atoms with E-state index < -0.39 is 9.84 Å². The van der Waals surface area contributed by atoms with Gasteiger partial charge in [-0.25, -0.2) is 8.42 Å². The van der Waals surface area contributed by atoms with Crippen LogP contribution in [-0.2, 0) is 22.1 Å². The van der Waals surface area contributed by atoms with Crippen LogP contribution in [0.25, 0.3) is 0 Å². The van der Waals surface area contributed by atoms with Gasteiger partial charge in [0, 0.05) is 12.8 Å². The lowest BCUT2D eigenvalue weighted by Gasteiger charge is -2.05. The molecule has 1 aromatic carbocycles. The topological polar surface area (TPSA) is 60.2 Å². The van der Waals surface area contributed by atoms with Crippen molar-refractivity contribution in [2.24, 2.45) is 5.73 Å². The Kier molecular flexibility index (Phi) is 5.12. The highest BCUT2D eigenvalue weighted by atomic mass is 35.5. The minimum absolute atomic E-state index is 0. The van der Waals surface area contributed by atoms with Gasteiger partial charge in [0.25, 0.3) is 0 Å². The van der Waals surface area contributed by atoms with Crippen molar-refractivity contribution in [2.45, 2.75) is 12.3 Å². The van der Waals surface area contributed by atoms with E-state index in [1.807, 2.05) is 18.2 Å². The van der Waals surface area contributed by atoms with Crippen LogP contribution in [0.1, 0.15) is 11.1 Å². The molecule has 0 aliphatic rings. The first-order chi connectivity index (χ1) is 6.03. The average molecular weight is 236 g/mol. The van der Waals surface area contributed by atoms with Crippen LogP contribution in [0.3, 0.4) is 0 Å². The lowest BCUT2D eigenvalue weighted by atomic mass is 10.1. The van der Waals surface area contributed by atoms with E-state index in [4.69, 9.17) is 5.73 Å². The SMILES string of the molecule is CS(=O)(=O)Cc1ccccc1CN.Cl. The third-order valence-electron chi connectivity index (χ3n) is 1.76. The van der Waals surface area contributed by atoms with Gasteiger partial charge in [-0.05, 0) is 11.1 Å². The molecule has 0 aliphatic carbocycles. The minimum atomic E-state index is -2.97. The van der Waals surface area contributed by atoms with Crippen LogP contribution in [0.4, 0.5) is 0 Å². The summed E-state index contributed by atoms with van der Waals surface area (Å²) in [6, 6.07) is 7.32. The molecule has 3 nitrogen and oxygen atoms in total. The van der Waals surface area contributed by atoms with Crippen molar-refractivity contribution in [3.8, 4) is 0 Å². The molecule has 0 amide bonds. The number of sulfone groups is 1. The van der Waals surface area contributed by atoms with Crippen LogP contribution in [-0.4, -0.2) is 14.7 Å². The van der Waals surface area contributed by atoms with Crippen molar-refractivity contribution in [3.05, 3.63) is 35.4 Å². The molecular formula is C9H14ClNO2S. The van der Waals surface area contributed by atoms with Crippen LogP contribution in [0.15, 0.2) is 24.3 Å². The molecule has 80 valence electrons. The van der Waals surface area contributed by atoms with Crippen LogP contribution in [0.5, 0.6) is 0 Å². The highest BCUT2D eigenvalue weighted by molar-refractivity contribution is 7.89. The Balaban J connectivity index is 0.00000169. The van der Waals surface area contributed by atoms with E-state index >= 15 is 0 Å². The summed E-state index contributed by atoms with van der Waals surface area (Å²) in [6.07, 6.45) is 1.22. The fourth-order valence-corrected chi connectivity index (χ4v) is 2.03. The predicted molar refractivity (Wildman–Crippen MR) is 60.1 cm³/mol. The zero-order chi connectivity index (χ0) is 9.90. The highest BCUT2D eigenvalue weighted by Gasteiger charge is 2.07. The summed E-state index contributed by atoms with van der Waals surface area (Å²) in [5.74, 6) is 0.0698. The number of hydrogen-bond acceptors (Lipinski definition) is 3. The lowest BCUT2D eigenvalue weighted by molar-refractivity contribution is 0.601. The molecule has 0 spiro atoms. The van der Waals surface area contributed by atoms with Gasteiger partial charge in [0.1, 0.15) is 0 Å². The Labute approximate surface area is 90.6 Å². The van der Waals surface area contributed by atoms with Gasteiger partial charge in [-0.15, -0.1) is 12.4 Å². The van der Waals surface area contributed by atoms with Crippen molar-refractivity contribution in [1.29, 1.82) is 0 Å². The Morgan fingerprint density at radius 1 is 1.21 bits per heavy atom. The summed E-state index contributed by atoms with van der Waals surface area (Å²) in [6.45, 7) is 0.381. The number of hydrogen-bond donors (Lipinski definition) is 1. The van der Waals surface area contributed by atoms with E-state index in [1.54, 1.807) is 6.07 Å². The largest absolute Gasteiger partial charge is 0.326 e. The highest BCUT2D eigenvalue weighted by Crippen LogP contribution is 2.10. The molecule has 0 aromatic heterocycles. The Bertz CT molecular complexity index is 390. The number of nitrogens with two attached hydrogens (primary N) is 1. The molecule has 0 bridgehead atoms. The molecule has 0 saturated heterocycles. The van der Waals surface area contributed by atoms with E-state index in [1.165, 1.54) is 6.26 Å². The molecule has 0 unspecified atom stereocenters. The maximum absolute atomic E-state index is 11.0. The lowest BCUT2D eigenvalue weighted by Crippen LogP contribution is -2.06. The number of rotatable bonds is 3. The zero-order valence-electron chi connectivity index (χ0n) is 7.93. The second-order valence-corrected chi connectivity index (χ2v) is 5.18. The van der Waals surface area contributed by atoms with E-state index in [-0.39, 0.29) is 18.2 Å². The van der Waals surface area contributed by atoms with E-state index in [0.717, 1.165) is 11.1 Å². The second kappa shape index (κ2) is 5.34. The average Bonchev–Trinajstić information content (AvgIpc) is 2.02. The fourth-order valence-electron chi connectivity index (χ4n) is 1.18. The van der Waals surface area contributed by atoms with Crippen molar-refractivity contribution in [1.82, 2.24) is 0 Å². The predicted octanol–water partition coefficient (Wildman–Crippen LogP) is 1.11. The summed E-state index contributed by atoms with van der Waals surface area (Å²) in [5, 5.41) is 0. The third-order valence-corrected chi connectivity index (χ3v) is 2.59. The molecule has 0 aliphatic heterocycles. The normalized spacial score (nSPS) is 10.7. The molecule has 1 aromatic rings. The molecule has 2 N–H and O–H groups in total. The quantitative estimate of drug-likeness (QED) is 0.854. The summed E-state index contributed by atoms with van der Waals surface area (Å²) >= 11 is 0. The standard InChI is InChI=1S/C9H13NO2S.ClH/c1-13(11,12)7-9-5-3-2-4-8(9)6-10;/h2-5H,6-7,10H2,1H3;1H. The monoisotopic (exact) mass is 235 g/mol. The summed E-state index contributed by atoms with van der Waals surface area (Å²) in [7, 11) is -2.97. The first-order valence-corrected chi connectivity index (χ1v) is 6.03. The Morgan fingerprint density at radius 2 is 1.71 bits per heavy atom. The summed E-state index contributed by atoms with van der Waals surface area (Å²) in [4.78, 5) is 0. The molecule has 0 radical (unpaired) electrons. The molecular weight excluding hydrogens is 222 g/mol. The van der Waals surface area contributed by atoms with Crippen LogP contribution in [0.2, 0.25) is 0 Å². The van der Waals surface area contributed by atoms with Gasteiger partial charge >= 0.3 is 0 Å². The van der Waals surface area contributed by atoms with E-state index in [9.17, 15) is 8.42 Å². The number of halogens is 1. The Morgan fingerprint density at radius 3 is 2.14 bits per heavy atom. The van der Waals surface area contributed by atoms with Crippen molar-refractivity contribution in [2.75, 3.05) is 6.26 Å². The maximum Gasteiger partial charge on any atom is 0.151 e. The minimum Gasteiger partial charge on any atom is -0.326 e. The maximum atomic E-state index is 11.0. The molecule has 0 heterocycles. The fraction of sp³-hybridized carbons (Fsp3) is 0.333. The van der Waals surface area contributed by atoms with Gasteiger partial charge in [-0.1, -0.05) is 24.3 Å². The molecule has 0 atom stereocenters.